The number of anilines is 1. The minimum Gasteiger partial charge on any atom is -0.451 e. The molecule has 156 valence electrons. The molecule has 2 aromatic heterocycles. The summed E-state index contributed by atoms with van der Waals surface area (Å²) in [4.78, 5) is 27.6. The Balaban J connectivity index is 1.31. The lowest BCUT2D eigenvalue weighted by molar-refractivity contribution is -0.119. The van der Waals surface area contributed by atoms with Crippen LogP contribution >= 0.6 is 0 Å². The molecule has 30 heavy (non-hydrogen) atoms. The van der Waals surface area contributed by atoms with E-state index < -0.39 is 0 Å². The van der Waals surface area contributed by atoms with Crippen molar-refractivity contribution in [1.82, 2.24) is 14.7 Å². The largest absolute Gasteiger partial charge is 0.451 e. The van der Waals surface area contributed by atoms with Crippen LogP contribution in [0, 0.1) is 11.8 Å². The molecule has 1 saturated heterocycles. The van der Waals surface area contributed by atoms with E-state index in [4.69, 9.17) is 4.42 Å². The molecular formula is C23H26N4O3. The lowest BCUT2D eigenvalue weighted by atomic mass is 10.0. The smallest absolute Gasteiger partial charge is 0.289 e. The highest BCUT2D eigenvalue weighted by Gasteiger charge is 2.38. The van der Waals surface area contributed by atoms with Gasteiger partial charge in [0, 0.05) is 36.6 Å². The molecule has 0 radical (unpaired) electrons. The molecule has 7 nitrogen and oxygen atoms in total. The van der Waals surface area contributed by atoms with Gasteiger partial charge in [-0.15, -0.1) is 0 Å². The van der Waals surface area contributed by atoms with Gasteiger partial charge in [-0.05, 0) is 61.4 Å². The van der Waals surface area contributed by atoms with E-state index in [2.05, 4.69) is 10.4 Å². The Morgan fingerprint density at radius 1 is 1.23 bits per heavy atom. The summed E-state index contributed by atoms with van der Waals surface area (Å²) in [6.45, 7) is 3.64. The van der Waals surface area contributed by atoms with Gasteiger partial charge in [-0.1, -0.05) is 13.3 Å². The van der Waals surface area contributed by atoms with Crippen LogP contribution < -0.4 is 5.32 Å². The summed E-state index contributed by atoms with van der Waals surface area (Å²) in [5.41, 5.74) is 1.32. The molecule has 2 fully saturated rings. The fourth-order valence-corrected chi connectivity index (χ4v) is 4.97. The lowest BCUT2D eigenvalue weighted by Gasteiger charge is -2.15. The number of nitrogens with zero attached hydrogens (tertiary/aromatic N) is 3. The molecule has 1 aliphatic carbocycles. The van der Waals surface area contributed by atoms with Crippen molar-refractivity contribution in [3.63, 3.8) is 0 Å². The van der Waals surface area contributed by atoms with Gasteiger partial charge in [-0.25, -0.2) is 0 Å². The van der Waals surface area contributed by atoms with E-state index in [0.717, 1.165) is 18.5 Å². The number of furan rings is 1. The Labute approximate surface area is 175 Å². The number of carbonyl (C=O) groups excluding carboxylic acids is 2. The van der Waals surface area contributed by atoms with E-state index in [1.54, 1.807) is 41.3 Å². The van der Waals surface area contributed by atoms with E-state index >= 15 is 0 Å². The van der Waals surface area contributed by atoms with Crippen molar-refractivity contribution in [2.24, 2.45) is 11.8 Å². The molecule has 1 aromatic carbocycles. The summed E-state index contributed by atoms with van der Waals surface area (Å²) >= 11 is 0. The van der Waals surface area contributed by atoms with Crippen LogP contribution in [0.15, 0.2) is 47.1 Å². The molecule has 0 spiro atoms. The van der Waals surface area contributed by atoms with Gasteiger partial charge in [-0.3, -0.25) is 14.3 Å². The van der Waals surface area contributed by atoms with Crippen LogP contribution in [0.2, 0.25) is 0 Å². The van der Waals surface area contributed by atoms with Crippen molar-refractivity contribution in [1.29, 1.82) is 0 Å². The minimum atomic E-state index is -0.369. The summed E-state index contributed by atoms with van der Waals surface area (Å²) < 4.78 is 7.49. The average molecular weight is 406 g/mol. The second kappa shape index (κ2) is 7.63. The number of hydrogen-bond acceptors (Lipinski definition) is 4. The minimum absolute atomic E-state index is 0.0316. The van der Waals surface area contributed by atoms with Gasteiger partial charge in [0.1, 0.15) is 11.6 Å². The fraction of sp³-hybridized carbons (Fsp3) is 0.435. The summed E-state index contributed by atoms with van der Waals surface area (Å²) in [6, 6.07) is 8.67. The van der Waals surface area contributed by atoms with Crippen molar-refractivity contribution in [2.75, 3.05) is 18.4 Å². The zero-order valence-corrected chi connectivity index (χ0v) is 17.1. The maximum Gasteiger partial charge on any atom is 0.289 e. The molecule has 5 rings (SSSR count). The van der Waals surface area contributed by atoms with Gasteiger partial charge in [0.2, 0.25) is 5.91 Å². The van der Waals surface area contributed by atoms with Crippen LogP contribution in [0.4, 0.5) is 5.69 Å². The lowest BCUT2D eigenvalue weighted by Crippen LogP contribution is -2.29. The van der Waals surface area contributed by atoms with Crippen molar-refractivity contribution < 1.29 is 14.0 Å². The molecule has 0 bridgehead atoms. The van der Waals surface area contributed by atoms with Crippen molar-refractivity contribution in [3.8, 4) is 0 Å². The van der Waals surface area contributed by atoms with Crippen LogP contribution in [0.5, 0.6) is 0 Å². The van der Waals surface area contributed by atoms with Gasteiger partial charge in [0.15, 0.2) is 5.76 Å². The van der Waals surface area contributed by atoms with Crippen LogP contribution in [0.3, 0.4) is 0 Å². The number of hydrogen-bond donors (Lipinski definition) is 1. The van der Waals surface area contributed by atoms with Gasteiger partial charge in [-0.2, -0.15) is 5.10 Å². The molecule has 3 heterocycles. The summed E-state index contributed by atoms with van der Waals surface area (Å²) in [5, 5.41) is 7.95. The van der Waals surface area contributed by atoms with Crippen molar-refractivity contribution in [2.45, 2.75) is 38.6 Å². The van der Waals surface area contributed by atoms with E-state index in [0.29, 0.717) is 35.3 Å². The quantitative estimate of drug-likeness (QED) is 0.692. The first kappa shape index (κ1) is 18.9. The average Bonchev–Trinajstić information content (AvgIpc) is 3.50. The first-order valence-electron chi connectivity index (χ1n) is 10.7. The second-order valence-corrected chi connectivity index (χ2v) is 8.42. The summed E-state index contributed by atoms with van der Waals surface area (Å²) in [6.07, 6.45) is 7.84. The Morgan fingerprint density at radius 3 is 2.73 bits per heavy atom. The predicted octanol–water partition coefficient (Wildman–Crippen LogP) is 4.09. The second-order valence-electron chi connectivity index (χ2n) is 8.42. The maximum atomic E-state index is 12.9. The van der Waals surface area contributed by atoms with E-state index in [9.17, 15) is 9.59 Å². The number of benzene rings is 1. The Kier molecular flexibility index (Phi) is 4.81. The van der Waals surface area contributed by atoms with Crippen LogP contribution in [-0.4, -0.2) is 39.6 Å². The molecule has 1 saturated carbocycles. The van der Waals surface area contributed by atoms with Gasteiger partial charge >= 0.3 is 0 Å². The van der Waals surface area contributed by atoms with Crippen LogP contribution in [0.25, 0.3) is 11.0 Å². The van der Waals surface area contributed by atoms with Crippen molar-refractivity contribution >= 4 is 28.5 Å². The number of fused-ring (bicyclic) bond motifs is 2. The highest BCUT2D eigenvalue weighted by molar-refractivity contribution is 5.99. The van der Waals surface area contributed by atoms with Gasteiger partial charge in [0.05, 0.1) is 0 Å². The highest BCUT2D eigenvalue weighted by Crippen LogP contribution is 2.38. The normalized spacial score (nSPS) is 21.7. The third-order valence-corrected chi connectivity index (χ3v) is 6.54. The third kappa shape index (κ3) is 3.38. The Morgan fingerprint density at radius 2 is 2.03 bits per heavy atom. The molecule has 2 aliphatic rings. The predicted molar refractivity (Wildman–Crippen MR) is 113 cm³/mol. The van der Waals surface area contributed by atoms with Gasteiger partial charge < -0.3 is 14.6 Å². The SMILES string of the molecule is CCC(C(=O)Nc1ccc2oc(C(=O)N3C[C@H]4CCC[C@H]4C3)cc2c1)n1cccn1. The van der Waals surface area contributed by atoms with E-state index in [1.807, 2.05) is 17.9 Å². The number of nitrogens with one attached hydrogen (secondary N) is 1. The standard InChI is InChI=1S/C23H26N4O3/c1-2-19(27-10-4-9-24-27)22(28)25-18-7-8-20-17(11-18)12-21(30-20)23(29)26-13-15-5-3-6-16(15)14-26/h4,7-12,15-16,19H,2-3,5-6,13-14H2,1H3,(H,25,28)/t15-,16+,19?. The Hall–Kier alpha value is -3.09. The number of carbonyl (C=O) groups is 2. The zero-order chi connectivity index (χ0) is 20.7. The molecule has 1 unspecified atom stereocenters. The molecule has 1 N–H and O–H groups in total. The fourth-order valence-electron chi connectivity index (χ4n) is 4.97. The number of aromatic nitrogens is 2. The monoisotopic (exact) mass is 406 g/mol. The maximum absolute atomic E-state index is 12.9. The highest BCUT2D eigenvalue weighted by atomic mass is 16.3. The topological polar surface area (TPSA) is 80.4 Å². The zero-order valence-electron chi connectivity index (χ0n) is 17.1. The van der Waals surface area contributed by atoms with Crippen LogP contribution in [-0.2, 0) is 4.79 Å². The number of amides is 2. The van der Waals surface area contributed by atoms with Crippen LogP contribution in [0.1, 0.15) is 49.2 Å². The van der Waals surface area contributed by atoms with Crippen molar-refractivity contribution in [3.05, 3.63) is 48.5 Å². The summed E-state index contributed by atoms with van der Waals surface area (Å²) in [5.74, 6) is 1.53. The Bertz CT molecular complexity index is 1060. The van der Waals surface area contributed by atoms with E-state index in [1.165, 1.54) is 19.3 Å². The molecule has 2 amide bonds. The van der Waals surface area contributed by atoms with Gasteiger partial charge in [0.25, 0.3) is 5.91 Å². The first-order valence-corrected chi connectivity index (χ1v) is 10.7. The van der Waals surface area contributed by atoms with E-state index in [-0.39, 0.29) is 17.9 Å². The molecular weight excluding hydrogens is 380 g/mol. The molecule has 3 aromatic rings. The third-order valence-electron chi connectivity index (χ3n) is 6.54. The molecule has 3 atom stereocenters. The number of likely N-dealkylation sites (tertiary alicyclic amines) is 1. The molecule has 7 heteroatoms. The molecule has 1 aliphatic heterocycles. The summed E-state index contributed by atoms with van der Waals surface area (Å²) in [7, 11) is 0. The first-order chi connectivity index (χ1) is 14.6. The number of rotatable bonds is 5.